The highest BCUT2D eigenvalue weighted by Crippen LogP contribution is 2.20. The van der Waals surface area contributed by atoms with Gasteiger partial charge >= 0.3 is 0 Å². The van der Waals surface area contributed by atoms with Gasteiger partial charge in [-0.2, -0.15) is 4.39 Å². The average Bonchev–Trinajstić information content (AvgIpc) is 2.34. The van der Waals surface area contributed by atoms with Gasteiger partial charge in [-0.05, 0) is 30.3 Å². The third kappa shape index (κ3) is 2.89. The fourth-order valence-electron chi connectivity index (χ4n) is 1.30. The van der Waals surface area contributed by atoms with Gasteiger partial charge in [0.05, 0.1) is 11.3 Å². The van der Waals surface area contributed by atoms with Crippen LogP contribution in [0.5, 0.6) is 0 Å². The molecule has 3 nitrogen and oxygen atoms in total. The van der Waals surface area contributed by atoms with Crippen molar-refractivity contribution in [3.05, 3.63) is 58.3 Å². The third-order valence-corrected chi connectivity index (χ3v) is 2.66. The average molecular weight is 313 g/mol. The quantitative estimate of drug-likeness (QED) is 0.864. The van der Waals surface area contributed by atoms with E-state index in [0.29, 0.717) is 4.47 Å². The summed E-state index contributed by atoms with van der Waals surface area (Å²) in [7, 11) is 0. The lowest BCUT2D eigenvalue weighted by molar-refractivity contribution is 0.102. The van der Waals surface area contributed by atoms with Crippen molar-refractivity contribution in [2.24, 2.45) is 0 Å². The standard InChI is InChI=1S/C12H7BrF2N2O/c13-8-2-3-9(14)10(5-8)17-12(18)7-1-4-11(15)16-6-7/h1-6H,(H,17,18). The lowest BCUT2D eigenvalue weighted by Crippen LogP contribution is -2.13. The number of hydrogen-bond acceptors (Lipinski definition) is 2. The number of benzene rings is 1. The molecule has 2 rings (SSSR count). The van der Waals surface area contributed by atoms with E-state index >= 15 is 0 Å². The van der Waals surface area contributed by atoms with Crippen molar-refractivity contribution in [2.45, 2.75) is 0 Å². The van der Waals surface area contributed by atoms with Crippen molar-refractivity contribution in [3.63, 3.8) is 0 Å². The highest BCUT2D eigenvalue weighted by atomic mass is 79.9. The van der Waals surface area contributed by atoms with Gasteiger partial charge in [0.1, 0.15) is 5.82 Å². The van der Waals surface area contributed by atoms with Gasteiger partial charge in [0, 0.05) is 10.7 Å². The SMILES string of the molecule is O=C(Nc1cc(Br)ccc1F)c1ccc(F)nc1. The maximum Gasteiger partial charge on any atom is 0.257 e. The highest BCUT2D eigenvalue weighted by molar-refractivity contribution is 9.10. The normalized spacial score (nSPS) is 10.2. The first-order valence-corrected chi connectivity index (χ1v) is 5.73. The van der Waals surface area contributed by atoms with Crippen LogP contribution >= 0.6 is 15.9 Å². The van der Waals surface area contributed by atoms with E-state index in [-0.39, 0.29) is 11.3 Å². The second kappa shape index (κ2) is 5.22. The molecular formula is C12H7BrF2N2O. The molecular weight excluding hydrogens is 306 g/mol. The molecule has 0 aliphatic heterocycles. The fraction of sp³-hybridized carbons (Fsp3) is 0. The number of carbonyl (C=O) groups is 1. The molecule has 92 valence electrons. The zero-order valence-corrected chi connectivity index (χ0v) is 10.5. The van der Waals surface area contributed by atoms with Gasteiger partial charge in [0.25, 0.3) is 5.91 Å². The van der Waals surface area contributed by atoms with Crippen molar-refractivity contribution >= 4 is 27.5 Å². The van der Waals surface area contributed by atoms with Crippen LogP contribution in [0.3, 0.4) is 0 Å². The molecule has 0 aliphatic carbocycles. The molecule has 0 fully saturated rings. The summed E-state index contributed by atoms with van der Waals surface area (Å²) in [6.45, 7) is 0. The summed E-state index contributed by atoms with van der Waals surface area (Å²) in [5.74, 6) is -1.79. The Balaban J connectivity index is 2.21. The summed E-state index contributed by atoms with van der Waals surface area (Å²) in [6.07, 6.45) is 1.08. The van der Waals surface area contributed by atoms with Crippen molar-refractivity contribution in [2.75, 3.05) is 5.32 Å². The maximum absolute atomic E-state index is 13.4. The van der Waals surface area contributed by atoms with Crippen molar-refractivity contribution in [1.82, 2.24) is 4.98 Å². The second-order valence-electron chi connectivity index (χ2n) is 3.45. The summed E-state index contributed by atoms with van der Waals surface area (Å²) >= 11 is 3.17. The lowest BCUT2D eigenvalue weighted by Gasteiger charge is -2.06. The second-order valence-corrected chi connectivity index (χ2v) is 4.36. The van der Waals surface area contributed by atoms with Crippen molar-refractivity contribution in [3.8, 4) is 0 Å². The minimum Gasteiger partial charge on any atom is -0.319 e. The number of halogens is 3. The van der Waals surface area contributed by atoms with E-state index < -0.39 is 17.7 Å². The van der Waals surface area contributed by atoms with Crippen LogP contribution in [-0.2, 0) is 0 Å². The van der Waals surface area contributed by atoms with Crippen LogP contribution in [0.25, 0.3) is 0 Å². The Labute approximate surface area is 110 Å². The fourth-order valence-corrected chi connectivity index (χ4v) is 1.66. The molecule has 0 saturated heterocycles. The molecule has 0 radical (unpaired) electrons. The molecule has 0 spiro atoms. The molecule has 1 aromatic heterocycles. The van der Waals surface area contributed by atoms with Gasteiger partial charge in [-0.15, -0.1) is 0 Å². The van der Waals surface area contributed by atoms with Crippen molar-refractivity contribution in [1.29, 1.82) is 0 Å². The van der Waals surface area contributed by atoms with Gasteiger partial charge in [0.2, 0.25) is 5.95 Å². The van der Waals surface area contributed by atoms with E-state index in [9.17, 15) is 13.6 Å². The molecule has 0 bridgehead atoms. The topological polar surface area (TPSA) is 42.0 Å². The Morgan fingerprint density at radius 3 is 2.67 bits per heavy atom. The first-order chi connectivity index (χ1) is 8.56. The molecule has 1 heterocycles. The summed E-state index contributed by atoms with van der Waals surface area (Å²) in [4.78, 5) is 15.1. The van der Waals surface area contributed by atoms with Gasteiger partial charge in [-0.3, -0.25) is 4.79 Å². The molecule has 18 heavy (non-hydrogen) atoms. The highest BCUT2D eigenvalue weighted by Gasteiger charge is 2.10. The predicted octanol–water partition coefficient (Wildman–Crippen LogP) is 3.37. The molecule has 2 aromatic rings. The number of amides is 1. The van der Waals surface area contributed by atoms with Crippen LogP contribution in [0.4, 0.5) is 14.5 Å². The van der Waals surface area contributed by atoms with Gasteiger partial charge in [-0.1, -0.05) is 15.9 Å². The monoisotopic (exact) mass is 312 g/mol. The molecule has 0 aliphatic rings. The summed E-state index contributed by atoms with van der Waals surface area (Å²) < 4.78 is 26.6. The smallest absolute Gasteiger partial charge is 0.257 e. The summed E-state index contributed by atoms with van der Waals surface area (Å²) in [6, 6.07) is 6.51. The number of anilines is 1. The van der Waals surface area contributed by atoms with E-state index in [1.54, 1.807) is 0 Å². The Hall–Kier alpha value is -1.82. The minimum atomic E-state index is -0.680. The number of aromatic nitrogens is 1. The zero-order chi connectivity index (χ0) is 13.1. The third-order valence-electron chi connectivity index (χ3n) is 2.17. The van der Waals surface area contributed by atoms with Gasteiger partial charge < -0.3 is 5.32 Å². The zero-order valence-electron chi connectivity index (χ0n) is 8.95. The van der Waals surface area contributed by atoms with E-state index in [1.165, 1.54) is 24.3 Å². The molecule has 0 unspecified atom stereocenters. The number of carbonyl (C=O) groups excluding carboxylic acids is 1. The van der Waals surface area contributed by atoms with E-state index in [1.807, 2.05) is 0 Å². The van der Waals surface area contributed by atoms with Crippen molar-refractivity contribution < 1.29 is 13.6 Å². The number of nitrogens with one attached hydrogen (secondary N) is 1. The summed E-state index contributed by atoms with van der Waals surface area (Å²) in [5, 5.41) is 2.38. The number of pyridine rings is 1. The largest absolute Gasteiger partial charge is 0.319 e. The van der Waals surface area contributed by atoms with Crippen LogP contribution in [0, 0.1) is 11.8 Å². The van der Waals surface area contributed by atoms with Crippen LogP contribution in [0.1, 0.15) is 10.4 Å². The van der Waals surface area contributed by atoms with Crippen LogP contribution in [-0.4, -0.2) is 10.9 Å². The predicted molar refractivity (Wildman–Crippen MR) is 66.2 cm³/mol. The Morgan fingerprint density at radius 1 is 1.22 bits per heavy atom. The van der Waals surface area contributed by atoms with E-state index in [4.69, 9.17) is 0 Å². The maximum atomic E-state index is 13.4. The van der Waals surface area contributed by atoms with Gasteiger partial charge in [-0.25, -0.2) is 9.37 Å². The Kier molecular flexibility index (Phi) is 3.66. The number of nitrogens with zero attached hydrogens (tertiary/aromatic N) is 1. The lowest BCUT2D eigenvalue weighted by atomic mass is 10.2. The summed E-state index contributed by atoms with van der Waals surface area (Å²) in [5.41, 5.74) is 0.189. The van der Waals surface area contributed by atoms with Crippen LogP contribution in [0.2, 0.25) is 0 Å². The molecule has 1 amide bonds. The van der Waals surface area contributed by atoms with Gasteiger partial charge in [0.15, 0.2) is 0 Å². The van der Waals surface area contributed by atoms with Crippen LogP contribution < -0.4 is 5.32 Å². The minimum absolute atomic E-state index is 0.0405. The number of hydrogen-bond donors (Lipinski definition) is 1. The molecule has 1 aromatic carbocycles. The molecule has 1 N–H and O–H groups in total. The Bertz CT molecular complexity index is 587. The first kappa shape index (κ1) is 12.6. The molecule has 6 heteroatoms. The van der Waals surface area contributed by atoms with Crippen LogP contribution in [0.15, 0.2) is 41.0 Å². The molecule has 0 saturated carbocycles. The van der Waals surface area contributed by atoms with E-state index in [2.05, 4.69) is 26.2 Å². The Morgan fingerprint density at radius 2 is 2.00 bits per heavy atom. The molecule has 0 atom stereocenters. The van der Waals surface area contributed by atoms with E-state index in [0.717, 1.165) is 12.3 Å². The first-order valence-electron chi connectivity index (χ1n) is 4.94. The number of rotatable bonds is 2.